The minimum Gasteiger partial charge on any atom is -0.379 e. The Labute approximate surface area is 121 Å². The lowest BCUT2D eigenvalue weighted by molar-refractivity contribution is 0.0619. The molecule has 1 aromatic rings. The first-order valence-electron chi connectivity index (χ1n) is 5.90. The second-order valence-corrected chi connectivity index (χ2v) is 5.33. The standard InChI is InChI=1S/C13H18BrClFNO/c1-4-5-10(18-3)13(17-2)8-6-7-9(14)11(15)12(8)16/h6-7,10,13,17H,4-5H2,1-3H3. The number of halogens is 3. The second kappa shape index (κ2) is 7.43. The Morgan fingerprint density at radius 2 is 2.17 bits per heavy atom. The maximum absolute atomic E-state index is 14.2. The van der Waals surface area contributed by atoms with E-state index in [4.69, 9.17) is 16.3 Å². The monoisotopic (exact) mass is 337 g/mol. The van der Waals surface area contributed by atoms with Crippen LogP contribution in [0, 0.1) is 5.82 Å². The van der Waals surface area contributed by atoms with Crippen molar-refractivity contribution in [3.8, 4) is 0 Å². The lowest BCUT2D eigenvalue weighted by Gasteiger charge is -2.26. The molecule has 0 aliphatic heterocycles. The van der Waals surface area contributed by atoms with Gasteiger partial charge in [0.25, 0.3) is 0 Å². The molecule has 1 aromatic carbocycles. The van der Waals surface area contributed by atoms with Crippen LogP contribution in [0.5, 0.6) is 0 Å². The third-order valence-electron chi connectivity index (χ3n) is 2.96. The molecular weight excluding hydrogens is 321 g/mol. The molecular formula is C13H18BrClFNO. The Balaban J connectivity index is 3.12. The number of ether oxygens (including phenoxy) is 1. The first-order valence-corrected chi connectivity index (χ1v) is 7.07. The Morgan fingerprint density at radius 3 is 2.67 bits per heavy atom. The average molecular weight is 339 g/mol. The number of likely N-dealkylation sites (N-methyl/N-ethyl adjacent to an activating group) is 1. The topological polar surface area (TPSA) is 21.3 Å². The van der Waals surface area contributed by atoms with E-state index < -0.39 is 5.82 Å². The van der Waals surface area contributed by atoms with Gasteiger partial charge in [-0.05, 0) is 35.5 Å². The van der Waals surface area contributed by atoms with Gasteiger partial charge in [-0.15, -0.1) is 0 Å². The molecule has 0 radical (unpaired) electrons. The molecule has 0 bridgehead atoms. The quantitative estimate of drug-likeness (QED) is 0.780. The minimum absolute atomic E-state index is 0.0771. The van der Waals surface area contributed by atoms with Gasteiger partial charge in [0.15, 0.2) is 0 Å². The summed E-state index contributed by atoms with van der Waals surface area (Å²) >= 11 is 9.13. The summed E-state index contributed by atoms with van der Waals surface area (Å²) in [6.45, 7) is 2.07. The highest BCUT2D eigenvalue weighted by Gasteiger charge is 2.25. The van der Waals surface area contributed by atoms with Crippen molar-refractivity contribution in [1.82, 2.24) is 5.32 Å². The molecule has 1 rings (SSSR count). The molecule has 18 heavy (non-hydrogen) atoms. The van der Waals surface area contributed by atoms with Gasteiger partial charge in [-0.1, -0.05) is 31.0 Å². The van der Waals surface area contributed by atoms with Crippen molar-refractivity contribution in [2.45, 2.75) is 31.9 Å². The van der Waals surface area contributed by atoms with Crippen LogP contribution >= 0.6 is 27.5 Å². The molecule has 102 valence electrons. The Hall–Kier alpha value is -0.160. The number of methoxy groups -OCH3 is 1. The molecule has 0 heterocycles. The highest BCUT2D eigenvalue weighted by molar-refractivity contribution is 9.10. The van der Waals surface area contributed by atoms with E-state index in [1.54, 1.807) is 26.3 Å². The van der Waals surface area contributed by atoms with Gasteiger partial charge in [-0.25, -0.2) is 4.39 Å². The Kier molecular flexibility index (Phi) is 6.57. The molecule has 5 heteroatoms. The van der Waals surface area contributed by atoms with Crippen LogP contribution in [0.4, 0.5) is 4.39 Å². The highest BCUT2D eigenvalue weighted by Crippen LogP contribution is 2.32. The number of hydrogen-bond acceptors (Lipinski definition) is 2. The average Bonchev–Trinajstić information content (AvgIpc) is 2.38. The normalized spacial score (nSPS) is 14.6. The van der Waals surface area contributed by atoms with Gasteiger partial charge in [-0.2, -0.15) is 0 Å². The lowest BCUT2D eigenvalue weighted by Crippen LogP contribution is -2.31. The minimum atomic E-state index is -0.399. The van der Waals surface area contributed by atoms with E-state index in [-0.39, 0.29) is 17.2 Å². The number of benzene rings is 1. The van der Waals surface area contributed by atoms with E-state index in [1.165, 1.54) is 0 Å². The smallest absolute Gasteiger partial charge is 0.147 e. The van der Waals surface area contributed by atoms with Crippen LogP contribution in [0.2, 0.25) is 5.02 Å². The van der Waals surface area contributed by atoms with E-state index in [9.17, 15) is 4.39 Å². The second-order valence-electron chi connectivity index (χ2n) is 4.09. The predicted octanol–water partition coefficient (Wildman–Crippen LogP) is 4.32. The zero-order chi connectivity index (χ0) is 13.7. The fourth-order valence-electron chi connectivity index (χ4n) is 2.03. The van der Waals surface area contributed by atoms with Crippen molar-refractivity contribution in [3.63, 3.8) is 0 Å². The highest BCUT2D eigenvalue weighted by atomic mass is 79.9. The van der Waals surface area contributed by atoms with Gasteiger partial charge in [0.1, 0.15) is 5.82 Å². The van der Waals surface area contributed by atoms with Crippen molar-refractivity contribution >= 4 is 27.5 Å². The lowest BCUT2D eigenvalue weighted by atomic mass is 9.97. The van der Waals surface area contributed by atoms with Crippen molar-refractivity contribution in [2.75, 3.05) is 14.2 Å². The third kappa shape index (κ3) is 3.44. The zero-order valence-electron chi connectivity index (χ0n) is 10.8. The molecule has 0 amide bonds. The van der Waals surface area contributed by atoms with Crippen molar-refractivity contribution in [2.24, 2.45) is 0 Å². The van der Waals surface area contributed by atoms with E-state index in [0.717, 1.165) is 12.8 Å². The SMILES string of the molecule is CCCC(OC)C(NC)c1ccc(Br)c(Cl)c1F. The van der Waals surface area contributed by atoms with Crippen LogP contribution in [0.25, 0.3) is 0 Å². The van der Waals surface area contributed by atoms with Crippen molar-refractivity contribution in [3.05, 3.63) is 33.0 Å². The predicted molar refractivity (Wildman–Crippen MR) is 76.6 cm³/mol. The summed E-state index contributed by atoms with van der Waals surface area (Å²) < 4.78 is 20.2. The van der Waals surface area contributed by atoms with Gasteiger partial charge in [0, 0.05) is 17.1 Å². The van der Waals surface area contributed by atoms with Crippen LogP contribution in [-0.2, 0) is 4.74 Å². The maximum Gasteiger partial charge on any atom is 0.147 e. The van der Waals surface area contributed by atoms with E-state index in [0.29, 0.717) is 10.0 Å². The first-order chi connectivity index (χ1) is 8.56. The molecule has 0 aromatic heterocycles. The number of hydrogen-bond donors (Lipinski definition) is 1. The number of rotatable bonds is 6. The first kappa shape index (κ1) is 15.9. The summed E-state index contributed by atoms with van der Waals surface area (Å²) in [6.07, 6.45) is 1.75. The van der Waals surface area contributed by atoms with Crippen LogP contribution < -0.4 is 5.32 Å². The molecule has 2 atom stereocenters. The maximum atomic E-state index is 14.2. The van der Waals surface area contributed by atoms with Gasteiger partial charge in [0.05, 0.1) is 17.2 Å². The molecule has 0 saturated carbocycles. The fraction of sp³-hybridized carbons (Fsp3) is 0.538. The third-order valence-corrected chi connectivity index (χ3v) is 4.22. The molecule has 2 unspecified atom stereocenters. The molecule has 0 aliphatic carbocycles. The Morgan fingerprint density at radius 1 is 1.50 bits per heavy atom. The summed E-state index contributed by atoms with van der Waals surface area (Å²) in [4.78, 5) is 0. The van der Waals surface area contributed by atoms with Gasteiger partial charge in [-0.3, -0.25) is 0 Å². The van der Waals surface area contributed by atoms with Crippen LogP contribution in [0.3, 0.4) is 0 Å². The number of nitrogens with one attached hydrogen (secondary N) is 1. The molecule has 0 aliphatic rings. The van der Waals surface area contributed by atoms with E-state index >= 15 is 0 Å². The summed E-state index contributed by atoms with van der Waals surface area (Å²) in [5.41, 5.74) is 0.533. The molecule has 1 N–H and O–H groups in total. The molecule has 0 saturated heterocycles. The molecule has 0 fully saturated rings. The van der Waals surface area contributed by atoms with Gasteiger partial charge >= 0.3 is 0 Å². The van der Waals surface area contributed by atoms with Crippen LogP contribution in [0.1, 0.15) is 31.4 Å². The van der Waals surface area contributed by atoms with E-state index in [1.807, 2.05) is 0 Å². The largest absolute Gasteiger partial charge is 0.379 e. The van der Waals surface area contributed by atoms with Crippen LogP contribution in [-0.4, -0.2) is 20.3 Å². The molecule has 2 nitrogen and oxygen atoms in total. The molecule has 0 spiro atoms. The van der Waals surface area contributed by atoms with Gasteiger partial charge in [0.2, 0.25) is 0 Å². The zero-order valence-corrected chi connectivity index (χ0v) is 13.1. The van der Waals surface area contributed by atoms with Crippen molar-refractivity contribution in [1.29, 1.82) is 0 Å². The summed E-state index contributed by atoms with van der Waals surface area (Å²) in [6, 6.07) is 3.28. The summed E-state index contributed by atoms with van der Waals surface area (Å²) in [7, 11) is 3.44. The summed E-state index contributed by atoms with van der Waals surface area (Å²) in [5.74, 6) is -0.399. The van der Waals surface area contributed by atoms with Crippen LogP contribution in [0.15, 0.2) is 16.6 Å². The van der Waals surface area contributed by atoms with Crippen molar-refractivity contribution < 1.29 is 9.13 Å². The van der Waals surface area contributed by atoms with Gasteiger partial charge < -0.3 is 10.1 Å². The Bertz CT molecular complexity index is 403. The fourth-order valence-corrected chi connectivity index (χ4v) is 2.51. The summed E-state index contributed by atoms with van der Waals surface area (Å²) in [5, 5.41) is 3.21. The van der Waals surface area contributed by atoms with E-state index in [2.05, 4.69) is 28.2 Å².